The number of carboxylic acids is 1. The highest BCUT2D eigenvalue weighted by molar-refractivity contribution is 8.18. The van der Waals surface area contributed by atoms with Crippen LogP contribution in [-0.2, 0) is 9.59 Å². The molecule has 2 aromatic rings. The van der Waals surface area contributed by atoms with E-state index < -0.39 is 12.1 Å². The molecule has 1 saturated heterocycles. The van der Waals surface area contributed by atoms with Crippen molar-refractivity contribution in [3.8, 4) is 17.2 Å². The van der Waals surface area contributed by atoms with Crippen LogP contribution in [0.2, 0.25) is 0 Å². The Labute approximate surface area is 177 Å². The molecule has 0 aliphatic carbocycles. The number of benzene rings is 2. The Kier molecular flexibility index (Phi) is 6.63. The summed E-state index contributed by atoms with van der Waals surface area (Å²) in [5.74, 6) is 0.123. The predicted molar refractivity (Wildman–Crippen MR) is 115 cm³/mol. The average molecular weight is 428 g/mol. The van der Waals surface area contributed by atoms with Crippen molar-refractivity contribution in [3.63, 3.8) is 0 Å². The monoisotopic (exact) mass is 428 g/mol. The number of nitrogens with one attached hydrogen (secondary N) is 1. The summed E-state index contributed by atoms with van der Waals surface area (Å²) in [6, 6.07) is 12.1. The molecule has 2 N–H and O–H groups in total. The van der Waals surface area contributed by atoms with Crippen molar-refractivity contribution in [2.24, 2.45) is 4.99 Å². The summed E-state index contributed by atoms with van der Waals surface area (Å²) in [6.07, 6.45) is 0.617. The molecular weight excluding hydrogens is 408 g/mol. The first kappa shape index (κ1) is 21.3. The van der Waals surface area contributed by atoms with Crippen LogP contribution in [0.4, 0.5) is 5.69 Å². The van der Waals surface area contributed by atoms with Gasteiger partial charge in [-0.15, -0.1) is 0 Å². The molecule has 0 saturated carbocycles. The maximum absolute atomic E-state index is 12.4. The molecule has 0 aromatic heterocycles. The van der Waals surface area contributed by atoms with Gasteiger partial charge in [0.25, 0.3) is 5.91 Å². The molecule has 9 heteroatoms. The fourth-order valence-electron chi connectivity index (χ4n) is 2.56. The Hall–Kier alpha value is -3.46. The smallest absolute Gasteiger partial charge is 0.344 e. The van der Waals surface area contributed by atoms with Gasteiger partial charge in [-0.2, -0.15) is 0 Å². The van der Waals surface area contributed by atoms with Gasteiger partial charge in [0.2, 0.25) is 0 Å². The van der Waals surface area contributed by atoms with Gasteiger partial charge in [-0.25, -0.2) is 9.79 Å². The number of thioether (sulfide) groups is 1. The lowest BCUT2D eigenvalue weighted by molar-refractivity contribution is -0.144. The van der Waals surface area contributed by atoms with Gasteiger partial charge in [0.05, 0.1) is 19.1 Å². The van der Waals surface area contributed by atoms with Crippen LogP contribution < -0.4 is 19.5 Å². The molecule has 1 aliphatic heterocycles. The largest absolute Gasteiger partial charge is 0.497 e. The van der Waals surface area contributed by atoms with Gasteiger partial charge >= 0.3 is 5.97 Å². The number of aliphatic imine (C=N–C) groups is 1. The number of para-hydroxylation sites is 1. The molecule has 1 heterocycles. The molecule has 8 nitrogen and oxygen atoms in total. The minimum Gasteiger partial charge on any atom is -0.497 e. The van der Waals surface area contributed by atoms with Crippen molar-refractivity contribution in [1.29, 1.82) is 0 Å². The number of carboxylic acid groups (broad SMARTS) is 1. The number of hydrogen-bond donors (Lipinski definition) is 2. The predicted octanol–water partition coefficient (Wildman–Crippen LogP) is 3.45. The second kappa shape index (κ2) is 9.36. The highest BCUT2D eigenvalue weighted by Gasteiger charge is 2.25. The number of nitrogens with zero attached hydrogens (tertiary/aromatic N) is 1. The number of amidine groups is 1. The van der Waals surface area contributed by atoms with Crippen LogP contribution in [-0.4, -0.2) is 42.5 Å². The maximum atomic E-state index is 12.4. The molecule has 0 spiro atoms. The van der Waals surface area contributed by atoms with Crippen LogP contribution in [0.25, 0.3) is 6.08 Å². The number of amides is 1. The fraction of sp³-hybridized carbons (Fsp3) is 0.190. The minimum absolute atomic E-state index is 0.313. The number of carbonyl (C=O) groups is 2. The number of rotatable bonds is 7. The molecule has 1 amide bonds. The van der Waals surface area contributed by atoms with E-state index in [1.807, 2.05) is 0 Å². The van der Waals surface area contributed by atoms with Crippen molar-refractivity contribution >= 4 is 40.6 Å². The number of hydrogen-bond acceptors (Lipinski definition) is 7. The highest BCUT2D eigenvalue weighted by atomic mass is 32.2. The molecule has 0 radical (unpaired) electrons. The second-order valence-corrected chi connectivity index (χ2v) is 7.19. The second-order valence-electron chi connectivity index (χ2n) is 6.16. The zero-order valence-corrected chi connectivity index (χ0v) is 17.4. The molecule has 1 atom stereocenters. The first-order valence-corrected chi connectivity index (χ1v) is 9.73. The Bertz CT molecular complexity index is 1030. The first-order valence-electron chi connectivity index (χ1n) is 8.91. The van der Waals surface area contributed by atoms with Gasteiger partial charge in [0.1, 0.15) is 22.9 Å². The van der Waals surface area contributed by atoms with Crippen molar-refractivity contribution in [1.82, 2.24) is 5.32 Å². The van der Waals surface area contributed by atoms with Gasteiger partial charge in [-0.3, -0.25) is 4.79 Å². The highest BCUT2D eigenvalue weighted by Crippen LogP contribution is 2.35. The average Bonchev–Trinajstić information content (AvgIpc) is 3.08. The van der Waals surface area contributed by atoms with Crippen LogP contribution in [0.1, 0.15) is 12.5 Å². The van der Waals surface area contributed by atoms with Crippen LogP contribution >= 0.6 is 11.8 Å². The van der Waals surface area contributed by atoms with E-state index in [1.165, 1.54) is 14.0 Å². The summed E-state index contributed by atoms with van der Waals surface area (Å²) in [5, 5.41) is 12.2. The Morgan fingerprint density at radius 1 is 1.17 bits per heavy atom. The number of carbonyl (C=O) groups excluding carboxylic acids is 1. The van der Waals surface area contributed by atoms with Crippen LogP contribution in [0.5, 0.6) is 17.2 Å². The lowest BCUT2D eigenvalue weighted by atomic mass is 10.2. The van der Waals surface area contributed by atoms with E-state index in [0.717, 1.165) is 11.8 Å². The van der Waals surface area contributed by atoms with Crippen molar-refractivity contribution in [2.45, 2.75) is 13.0 Å². The molecular formula is C21H20N2O6S. The van der Waals surface area contributed by atoms with E-state index in [4.69, 9.17) is 19.3 Å². The Morgan fingerprint density at radius 2 is 1.93 bits per heavy atom. The standard InChI is InChI=1S/C21H20N2O6S/c1-12(20(25)26)29-16-7-5-4-6-13(16)10-18-19(24)23-21(30-18)22-15-9-8-14(27-2)11-17(15)28-3/h4-12H,1-3H3,(H,25,26)(H,22,23,24)/b18-10+. The van der Waals surface area contributed by atoms with Crippen molar-refractivity contribution < 1.29 is 28.9 Å². The summed E-state index contributed by atoms with van der Waals surface area (Å²) in [7, 11) is 3.09. The lowest BCUT2D eigenvalue weighted by Crippen LogP contribution is -2.23. The third kappa shape index (κ3) is 4.93. The number of methoxy groups -OCH3 is 2. The van der Waals surface area contributed by atoms with E-state index >= 15 is 0 Å². The van der Waals surface area contributed by atoms with Crippen LogP contribution in [0, 0.1) is 0 Å². The minimum atomic E-state index is -1.08. The van der Waals surface area contributed by atoms with Gasteiger partial charge in [0.15, 0.2) is 11.3 Å². The summed E-state index contributed by atoms with van der Waals surface area (Å²) < 4.78 is 16.0. The molecule has 1 fully saturated rings. The quantitative estimate of drug-likeness (QED) is 0.651. The summed E-state index contributed by atoms with van der Waals surface area (Å²) in [5.41, 5.74) is 1.13. The van der Waals surface area contributed by atoms with Gasteiger partial charge < -0.3 is 24.6 Å². The molecule has 1 unspecified atom stereocenters. The lowest BCUT2D eigenvalue weighted by Gasteiger charge is -2.12. The van der Waals surface area contributed by atoms with Crippen molar-refractivity contribution in [2.75, 3.05) is 14.2 Å². The molecule has 2 aromatic carbocycles. The van der Waals surface area contributed by atoms with Gasteiger partial charge in [-0.1, -0.05) is 18.2 Å². The summed E-state index contributed by atoms with van der Waals surface area (Å²) in [6.45, 7) is 1.44. The normalized spacial score (nSPS) is 17.0. The molecule has 30 heavy (non-hydrogen) atoms. The van der Waals surface area contributed by atoms with Crippen molar-refractivity contribution in [3.05, 3.63) is 52.9 Å². The topological polar surface area (TPSA) is 106 Å². The SMILES string of the molecule is COc1ccc(N=C2NC(=O)/C(=C\c3ccccc3OC(C)C(=O)O)S2)c(OC)c1. The van der Waals surface area contributed by atoms with Gasteiger partial charge in [0, 0.05) is 11.6 Å². The van der Waals surface area contributed by atoms with E-state index in [1.54, 1.807) is 55.7 Å². The number of aliphatic carboxylic acids is 1. The third-order valence-electron chi connectivity index (χ3n) is 4.12. The Morgan fingerprint density at radius 3 is 2.63 bits per heavy atom. The van der Waals surface area contributed by atoms with E-state index in [9.17, 15) is 9.59 Å². The zero-order valence-electron chi connectivity index (χ0n) is 16.5. The molecule has 3 rings (SSSR count). The molecule has 0 bridgehead atoms. The summed E-state index contributed by atoms with van der Waals surface area (Å²) in [4.78, 5) is 28.3. The van der Waals surface area contributed by atoms with E-state index in [0.29, 0.717) is 38.6 Å². The maximum Gasteiger partial charge on any atom is 0.344 e. The zero-order chi connectivity index (χ0) is 21.7. The Balaban J connectivity index is 1.86. The number of ether oxygens (including phenoxy) is 3. The fourth-order valence-corrected chi connectivity index (χ4v) is 3.38. The van der Waals surface area contributed by atoms with E-state index in [2.05, 4.69) is 10.3 Å². The summed E-state index contributed by atoms with van der Waals surface area (Å²) >= 11 is 1.16. The molecule has 1 aliphatic rings. The van der Waals surface area contributed by atoms with E-state index in [-0.39, 0.29) is 5.91 Å². The molecule has 156 valence electrons. The van der Waals surface area contributed by atoms with Crippen LogP contribution in [0.3, 0.4) is 0 Å². The first-order chi connectivity index (χ1) is 14.4. The third-order valence-corrected chi connectivity index (χ3v) is 5.03. The van der Waals surface area contributed by atoms with Gasteiger partial charge in [-0.05, 0) is 43.0 Å². The van der Waals surface area contributed by atoms with Crippen LogP contribution in [0.15, 0.2) is 52.4 Å².